The molecule has 1 aliphatic rings. The summed E-state index contributed by atoms with van der Waals surface area (Å²) in [4.78, 5) is 4.53. The maximum Gasteiger partial charge on any atom is 0.258 e. The van der Waals surface area contributed by atoms with Gasteiger partial charge in [0, 0.05) is 22.6 Å². The zero-order valence-corrected chi connectivity index (χ0v) is 18.5. The van der Waals surface area contributed by atoms with Crippen LogP contribution in [-0.2, 0) is 16.4 Å². The van der Waals surface area contributed by atoms with E-state index in [9.17, 15) is 13.7 Å². The van der Waals surface area contributed by atoms with Crippen LogP contribution in [-0.4, -0.2) is 24.7 Å². The van der Waals surface area contributed by atoms with Crippen molar-refractivity contribution in [2.75, 3.05) is 0 Å². The number of nitrogens with zero attached hydrogens (tertiary/aromatic N) is 3. The van der Waals surface area contributed by atoms with Gasteiger partial charge < -0.3 is 9.26 Å². The molecule has 2 aromatic carbocycles. The van der Waals surface area contributed by atoms with Gasteiger partial charge in [-0.15, -0.1) is 0 Å². The van der Waals surface area contributed by atoms with Crippen molar-refractivity contribution in [3.63, 3.8) is 0 Å². The van der Waals surface area contributed by atoms with Crippen LogP contribution in [0.3, 0.4) is 0 Å². The fourth-order valence-electron chi connectivity index (χ4n) is 3.79. The Morgan fingerprint density at radius 2 is 2.16 bits per heavy atom. The van der Waals surface area contributed by atoms with Gasteiger partial charge in [-0.1, -0.05) is 29.9 Å². The molecule has 164 valence electrons. The van der Waals surface area contributed by atoms with Gasteiger partial charge in [-0.3, -0.25) is 0 Å². The Hall–Kier alpha value is -3.48. The van der Waals surface area contributed by atoms with Gasteiger partial charge in [0.1, 0.15) is 11.8 Å². The van der Waals surface area contributed by atoms with E-state index < -0.39 is 10.0 Å². The molecule has 3 aromatic rings. The largest absolute Gasteiger partial charge is 0.490 e. The second-order valence-electron chi connectivity index (χ2n) is 7.71. The molecule has 1 atom stereocenters. The minimum absolute atomic E-state index is 0.0529. The van der Waals surface area contributed by atoms with Gasteiger partial charge in [0.15, 0.2) is 0 Å². The van der Waals surface area contributed by atoms with E-state index in [1.165, 1.54) is 0 Å². The van der Waals surface area contributed by atoms with Crippen LogP contribution in [0.15, 0.2) is 52.9 Å². The van der Waals surface area contributed by atoms with Gasteiger partial charge in [-0.2, -0.15) is 10.2 Å². The first-order valence-electron chi connectivity index (χ1n) is 10.1. The number of aromatic nitrogens is 2. The molecule has 8 nitrogen and oxygen atoms in total. The van der Waals surface area contributed by atoms with Crippen LogP contribution in [0.2, 0.25) is 0 Å². The summed E-state index contributed by atoms with van der Waals surface area (Å²) in [6, 6.07) is 12.6. The number of ether oxygens (including phenoxy) is 1. The first kappa shape index (κ1) is 21.7. The smallest absolute Gasteiger partial charge is 0.258 e. The molecule has 0 aliphatic heterocycles. The van der Waals surface area contributed by atoms with Gasteiger partial charge in [0.25, 0.3) is 5.89 Å². The molecule has 32 heavy (non-hydrogen) atoms. The zero-order valence-electron chi connectivity index (χ0n) is 17.7. The molecule has 0 radical (unpaired) electrons. The molecule has 9 heteroatoms. The Labute approximate surface area is 186 Å². The maximum absolute atomic E-state index is 11.9. The zero-order chi connectivity index (χ0) is 22.9. The number of fused-ring (bicyclic) bond motifs is 1. The lowest BCUT2D eigenvalue weighted by atomic mass is 10.0. The fourth-order valence-corrected chi connectivity index (χ4v) is 4.53. The summed E-state index contributed by atoms with van der Waals surface area (Å²) in [6.45, 7) is 7.13. The van der Waals surface area contributed by atoms with Crippen LogP contribution in [0, 0.1) is 11.3 Å². The maximum atomic E-state index is 11.9. The van der Waals surface area contributed by atoms with Crippen LogP contribution in [0.1, 0.15) is 43.0 Å². The minimum Gasteiger partial charge on any atom is -0.490 e. The van der Waals surface area contributed by atoms with Crippen molar-refractivity contribution in [1.82, 2.24) is 14.9 Å². The minimum atomic E-state index is -3.55. The monoisotopic (exact) mass is 450 g/mol. The van der Waals surface area contributed by atoms with E-state index in [-0.39, 0.29) is 18.0 Å². The SMILES string of the molecule is C=CS(=O)(=O)NC1CCc2c(-c3noc(-c4ccc(OC(C)C)c(C#N)c4)n3)cccc21. The molecule has 1 aromatic heterocycles. The number of nitrogens with one attached hydrogen (secondary N) is 1. The van der Waals surface area contributed by atoms with Gasteiger partial charge in [-0.25, -0.2) is 13.1 Å². The van der Waals surface area contributed by atoms with Crippen LogP contribution < -0.4 is 9.46 Å². The Morgan fingerprint density at radius 1 is 1.34 bits per heavy atom. The van der Waals surface area contributed by atoms with Crippen molar-refractivity contribution < 1.29 is 17.7 Å². The molecule has 0 bridgehead atoms. The van der Waals surface area contributed by atoms with Gasteiger partial charge >= 0.3 is 0 Å². The number of rotatable bonds is 7. The highest BCUT2D eigenvalue weighted by atomic mass is 32.2. The standard InChI is InChI=1S/C23H22N4O4S/c1-4-32(28,29)27-20-10-9-17-18(20)6-5-7-19(17)22-25-23(31-26-22)15-8-11-21(30-14(2)3)16(12-15)13-24/h4-8,11-12,14,20,27H,1,9-10H2,2-3H3. The molecule has 1 unspecified atom stereocenters. The van der Waals surface area contributed by atoms with Crippen molar-refractivity contribution in [3.05, 3.63) is 65.1 Å². The second kappa shape index (κ2) is 8.57. The highest BCUT2D eigenvalue weighted by Gasteiger charge is 2.28. The molecule has 1 N–H and O–H groups in total. The molecule has 1 heterocycles. The highest BCUT2D eigenvalue weighted by Crippen LogP contribution is 2.38. The summed E-state index contributed by atoms with van der Waals surface area (Å²) in [5, 5.41) is 14.5. The third-order valence-electron chi connectivity index (χ3n) is 5.17. The van der Waals surface area contributed by atoms with Crippen LogP contribution >= 0.6 is 0 Å². The fraction of sp³-hybridized carbons (Fsp3) is 0.261. The number of hydrogen-bond acceptors (Lipinski definition) is 7. The van der Waals surface area contributed by atoms with Crippen molar-refractivity contribution in [3.8, 4) is 34.7 Å². The van der Waals surface area contributed by atoms with Gasteiger partial charge in [0.2, 0.25) is 15.8 Å². The van der Waals surface area contributed by atoms with E-state index in [0.29, 0.717) is 35.5 Å². The molecule has 1 aliphatic carbocycles. The van der Waals surface area contributed by atoms with Gasteiger partial charge in [0.05, 0.1) is 11.7 Å². The van der Waals surface area contributed by atoms with Gasteiger partial charge in [-0.05, 0) is 56.0 Å². The quantitative estimate of drug-likeness (QED) is 0.575. The summed E-state index contributed by atoms with van der Waals surface area (Å²) < 4.78 is 37.6. The van der Waals surface area contributed by atoms with E-state index >= 15 is 0 Å². The first-order valence-corrected chi connectivity index (χ1v) is 11.7. The predicted molar refractivity (Wildman–Crippen MR) is 119 cm³/mol. The number of sulfonamides is 1. The Balaban J connectivity index is 1.65. The van der Waals surface area contributed by atoms with E-state index in [2.05, 4.69) is 27.5 Å². The first-order chi connectivity index (χ1) is 15.3. The third-order valence-corrected chi connectivity index (χ3v) is 6.23. The third kappa shape index (κ3) is 4.28. The highest BCUT2D eigenvalue weighted by molar-refractivity contribution is 7.92. The normalized spacial score (nSPS) is 15.4. The lowest BCUT2D eigenvalue weighted by Gasteiger charge is -2.13. The average molecular weight is 451 g/mol. The van der Waals surface area contributed by atoms with Crippen LogP contribution in [0.25, 0.3) is 22.8 Å². The van der Waals surface area contributed by atoms with Crippen LogP contribution in [0.4, 0.5) is 0 Å². The van der Waals surface area contributed by atoms with Crippen molar-refractivity contribution in [2.45, 2.75) is 38.8 Å². The van der Waals surface area contributed by atoms with Crippen molar-refractivity contribution in [1.29, 1.82) is 5.26 Å². The summed E-state index contributed by atoms with van der Waals surface area (Å²) in [6.07, 6.45) is 1.26. The molecule has 0 saturated carbocycles. The summed E-state index contributed by atoms with van der Waals surface area (Å²) >= 11 is 0. The Kier molecular flexibility index (Phi) is 5.82. The summed E-state index contributed by atoms with van der Waals surface area (Å²) in [5.41, 5.74) is 3.66. The lowest BCUT2D eigenvalue weighted by Crippen LogP contribution is -2.25. The molecular formula is C23H22N4O4S. The molecule has 0 saturated heterocycles. The van der Waals surface area contributed by atoms with Crippen molar-refractivity contribution >= 4 is 10.0 Å². The average Bonchev–Trinajstić information content (AvgIpc) is 3.41. The lowest BCUT2D eigenvalue weighted by molar-refractivity contribution is 0.241. The second-order valence-corrected chi connectivity index (χ2v) is 9.37. The number of benzene rings is 2. The summed E-state index contributed by atoms with van der Waals surface area (Å²) in [5.74, 6) is 1.19. The molecule has 0 amide bonds. The molecule has 0 fully saturated rings. The molecule has 4 rings (SSSR count). The van der Waals surface area contributed by atoms with Crippen molar-refractivity contribution in [2.24, 2.45) is 0 Å². The van der Waals surface area contributed by atoms with E-state index in [4.69, 9.17) is 9.26 Å². The molecule has 0 spiro atoms. The Morgan fingerprint density at radius 3 is 2.88 bits per heavy atom. The number of nitriles is 1. The summed E-state index contributed by atoms with van der Waals surface area (Å²) in [7, 11) is -3.55. The molecular weight excluding hydrogens is 428 g/mol. The van der Waals surface area contributed by atoms with E-state index in [1.807, 2.05) is 32.0 Å². The number of hydrogen-bond donors (Lipinski definition) is 1. The predicted octanol–water partition coefficient (Wildman–Crippen LogP) is 4.11. The van der Waals surface area contributed by atoms with E-state index in [1.54, 1.807) is 18.2 Å². The van der Waals surface area contributed by atoms with Crippen LogP contribution in [0.5, 0.6) is 5.75 Å². The van der Waals surface area contributed by atoms with E-state index in [0.717, 1.165) is 22.1 Å². The topological polar surface area (TPSA) is 118 Å². The Bertz CT molecular complexity index is 1320.